The van der Waals surface area contributed by atoms with Crippen molar-refractivity contribution in [1.29, 1.82) is 0 Å². The highest BCUT2D eigenvalue weighted by Crippen LogP contribution is 2.31. The maximum absolute atomic E-state index is 11.9. The number of esters is 1. The van der Waals surface area contributed by atoms with E-state index in [9.17, 15) is 4.79 Å². The first kappa shape index (κ1) is 17.3. The van der Waals surface area contributed by atoms with Crippen LogP contribution in [-0.2, 0) is 9.53 Å². The van der Waals surface area contributed by atoms with Crippen molar-refractivity contribution in [2.24, 2.45) is 0 Å². The summed E-state index contributed by atoms with van der Waals surface area (Å²) in [5.41, 5.74) is 2.23. The van der Waals surface area contributed by atoms with E-state index in [1.54, 1.807) is 31.2 Å². The first-order chi connectivity index (χ1) is 12.1. The van der Waals surface area contributed by atoms with Crippen molar-refractivity contribution < 1.29 is 18.8 Å². The molecule has 1 aromatic heterocycles. The number of hydrogen-bond acceptors (Lipinski definition) is 5. The van der Waals surface area contributed by atoms with Crippen molar-refractivity contribution in [3.8, 4) is 17.0 Å². The zero-order valence-electron chi connectivity index (χ0n) is 14.0. The summed E-state index contributed by atoms with van der Waals surface area (Å²) in [6, 6.07) is 12.8. The molecular formula is C19H18ClNO4. The molecule has 0 aliphatic heterocycles. The number of carbonyl (C=O) groups excluding carboxylic acids is 1. The number of fused-ring (bicyclic) bond motifs is 1. The molecule has 0 aliphatic carbocycles. The number of aromatic nitrogens is 1. The first-order valence-corrected chi connectivity index (χ1v) is 8.48. The summed E-state index contributed by atoms with van der Waals surface area (Å²) in [6.45, 7) is 3.96. The first-order valence-electron chi connectivity index (χ1n) is 8.11. The molecule has 0 saturated heterocycles. The molecule has 5 nitrogen and oxygen atoms in total. The highest BCUT2D eigenvalue weighted by Gasteiger charge is 2.20. The number of hydrogen-bond donors (Lipinski definition) is 0. The predicted molar refractivity (Wildman–Crippen MR) is 95.8 cm³/mol. The third-order valence-corrected chi connectivity index (χ3v) is 4.01. The number of rotatable bonds is 6. The highest BCUT2D eigenvalue weighted by atomic mass is 35.5. The van der Waals surface area contributed by atoms with E-state index in [0.717, 1.165) is 16.6 Å². The quantitative estimate of drug-likeness (QED) is 0.587. The van der Waals surface area contributed by atoms with E-state index in [2.05, 4.69) is 5.16 Å². The molecule has 0 amide bonds. The molecule has 0 spiro atoms. The van der Waals surface area contributed by atoms with Crippen molar-refractivity contribution in [1.82, 2.24) is 5.16 Å². The molecule has 3 aromatic rings. The third kappa shape index (κ3) is 3.77. The third-order valence-electron chi connectivity index (χ3n) is 3.76. The fourth-order valence-electron chi connectivity index (χ4n) is 2.50. The molecule has 1 heterocycles. The van der Waals surface area contributed by atoms with Crippen LogP contribution >= 0.6 is 11.6 Å². The Bertz CT molecular complexity index is 873. The van der Waals surface area contributed by atoms with Crippen molar-refractivity contribution >= 4 is 28.5 Å². The average molecular weight is 360 g/mol. The topological polar surface area (TPSA) is 61.6 Å². The summed E-state index contributed by atoms with van der Waals surface area (Å²) in [5.74, 6) is 0.163. The molecule has 0 fully saturated rings. The van der Waals surface area contributed by atoms with Crippen molar-refractivity contribution in [2.75, 3.05) is 6.61 Å². The molecule has 1 unspecified atom stereocenters. The molecule has 0 saturated carbocycles. The van der Waals surface area contributed by atoms with Crippen LogP contribution in [0.2, 0.25) is 5.02 Å². The standard InChI is InChI=1S/C19H18ClNO4/c1-3-16(19(22)23-4-2)24-14-9-10-15-17(11-14)25-21-18(15)12-5-7-13(20)8-6-12/h5-11,16H,3-4H2,1-2H3. The smallest absolute Gasteiger partial charge is 0.347 e. The second-order valence-electron chi connectivity index (χ2n) is 5.46. The summed E-state index contributed by atoms with van der Waals surface area (Å²) in [5, 5.41) is 5.66. The summed E-state index contributed by atoms with van der Waals surface area (Å²) in [7, 11) is 0. The molecule has 6 heteroatoms. The zero-order chi connectivity index (χ0) is 17.8. The Balaban J connectivity index is 1.86. The molecule has 2 aromatic carbocycles. The Hall–Kier alpha value is -2.53. The fraction of sp³-hybridized carbons (Fsp3) is 0.263. The van der Waals surface area contributed by atoms with Crippen LogP contribution in [0.25, 0.3) is 22.2 Å². The Morgan fingerprint density at radius 1 is 1.20 bits per heavy atom. The minimum Gasteiger partial charge on any atom is -0.479 e. The number of ether oxygens (including phenoxy) is 2. The maximum Gasteiger partial charge on any atom is 0.347 e. The SMILES string of the molecule is CCOC(=O)C(CC)Oc1ccc2c(-c3ccc(Cl)cc3)noc2c1. The lowest BCUT2D eigenvalue weighted by Crippen LogP contribution is -2.28. The lowest BCUT2D eigenvalue weighted by Gasteiger charge is -2.15. The molecule has 0 N–H and O–H groups in total. The van der Waals surface area contributed by atoms with Crippen LogP contribution in [-0.4, -0.2) is 23.8 Å². The molecule has 0 aliphatic rings. The van der Waals surface area contributed by atoms with Gasteiger partial charge in [-0.1, -0.05) is 35.8 Å². The number of halogens is 1. The molecule has 1 atom stereocenters. The van der Waals surface area contributed by atoms with Crippen LogP contribution in [0.4, 0.5) is 0 Å². The van der Waals surface area contributed by atoms with Gasteiger partial charge >= 0.3 is 5.97 Å². The summed E-state index contributed by atoms with van der Waals surface area (Å²) >= 11 is 5.92. The van der Waals surface area contributed by atoms with Crippen molar-refractivity contribution in [3.05, 3.63) is 47.5 Å². The maximum atomic E-state index is 11.9. The van der Waals surface area contributed by atoms with E-state index < -0.39 is 6.10 Å². The van der Waals surface area contributed by atoms with E-state index in [1.165, 1.54) is 0 Å². The summed E-state index contributed by atoms with van der Waals surface area (Å²) in [6.07, 6.45) is -0.125. The molecule has 130 valence electrons. The monoisotopic (exact) mass is 359 g/mol. The van der Waals surface area contributed by atoms with Gasteiger partial charge in [-0.15, -0.1) is 0 Å². The van der Waals surface area contributed by atoms with Crippen molar-refractivity contribution in [3.63, 3.8) is 0 Å². The Morgan fingerprint density at radius 2 is 1.96 bits per heavy atom. The number of benzene rings is 2. The van der Waals surface area contributed by atoms with E-state index in [-0.39, 0.29) is 5.97 Å². The second-order valence-corrected chi connectivity index (χ2v) is 5.90. The van der Waals surface area contributed by atoms with Gasteiger partial charge in [0.1, 0.15) is 11.4 Å². The van der Waals surface area contributed by atoms with Gasteiger partial charge in [0.25, 0.3) is 0 Å². The van der Waals surface area contributed by atoms with Crippen LogP contribution in [0.3, 0.4) is 0 Å². The van der Waals surface area contributed by atoms with Gasteiger partial charge < -0.3 is 14.0 Å². The van der Waals surface area contributed by atoms with E-state index in [4.69, 9.17) is 25.6 Å². The Labute approximate surface area is 150 Å². The van der Waals surface area contributed by atoms with E-state index in [0.29, 0.717) is 29.4 Å². The number of carbonyl (C=O) groups is 1. The van der Waals surface area contributed by atoms with E-state index in [1.807, 2.05) is 25.1 Å². The van der Waals surface area contributed by atoms with Gasteiger partial charge in [-0.2, -0.15) is 0 Å². The van der Waals surface area contributed by atoms with Crippen LogP contribution in [0.5, 0.6) is 5.75 Å². The van der Waals surface area contributed by atoms with Gasteiger partial charge in [0.15, 0.2) is 11.7 Å². The van der Waals surface area contributed by atoms with Gasteiger partial charge in [0.2, 0.25) is 0 Å². The molecule has 0 bridgehead atoms. The number of nitrogens with zero attached hydrogens (tertiary/aromatic N) is 1. The van der Waals surface area contributed by atoms with Crippen LogP contribution < -0.4 is 4.74 Å². The molecule has 0 radical (unpaired) electrons. The minimum absolute atomic E-state index is 0.324. The van der Waals surface area contributed by atoms with Crippen LogP contribution in [0, 0.1) is 0 Å². The summed E-state index contributed by atoms with van der Waals surface area (Å²) in [4.78, 5) is 11.9. The lowest BCUT2D eigenvalue weighted by molar-refractivity contribution is -0.151. The fourth-order valence-corrected chi connectivity index (χ4v) is 2.63. The zero-order valence-corrected chi connectivity index (χ0v) is 14.7. The van der Waals surface area contributed by atoms with Gasteiger partial charge in [-0.3, -0.25) is 0 Å². The normalized spacial score (nSPS) is 12.1. The largest absolute Gasteiger partial charge is 0.479 e. The molecule has 25 heavy (non-hydrogen) atoms. The second kappa shape index (κ2) is 7.57. The highest BCUT2D eigenvalue weighted by molar-refractivity contribution is 6.30. The molecule has 3 rings (SSSR count). The van der Waals surface area contributed by atoms with Gasteiger partial charge in [-0.25, -0.2) is 4.79 Å². The van der Waals surface area contributed by atoms with Gasteiger partial charge in [0.05, 0.1) is 6.61 Å². The van der Waals surface area contributed by atoms with Crippen molar-refractivity contribution in [2.45, 2.75) is 26.4 Å². The Kier molecular flexibility index (Phi) is 5.24. The van der Waals surface area contributed by atoms with Crippen LogP contribution in [0.15, 0.2) is 47.0 Å². The average Bonchev–Trinajstić information content (AvgIpc) is 3.03. The minimum atomic E-state index is -0.643. The van der Waals surface area contributed by atoms with Gasteiger partial charge in [-0.05, 0) is 37.6 Å². The summed E-state index contributed by atoms with van der Waals surface area (Å²) < 4.78 is 16.2. The molecular weight excluding hydrogens is 342 g/mol. The van der Waals surface area contributed by atoms with Crippen LogP contribution in [0.1, 0.15) is 20.3 Å². The van der Waals surface area contributed by atoms with E-state index >= 15 is 0 Å². The Morgan fingerprint density at radius 3 is 2.64 bits per heavy atom. The lowest BCUT2D eigenvalue weighted by atomic mass is 10.1. The predicted octanol–water partition coefficient (Wildman–Crippen LogP) is 4.87. The van der Waals surface area contributed by atoms with Gasteiger partial charge in [0, 0.05) is 22.0 Å².